The molecule has 28 heteroatoms. The average molecular weight is 963 g/mol. The van der Waals surface area contributed by atoms with Crippen LogP contribution in [0.3, 0.4) is 0 Å². The van der Waals surface area contributed by atoms with Crippen molar-refractivity contribution in [1.29, 1.82) is 0 Å². The summed E-state index contributed by atoms with van der Waals surface area (Å²) in [6.45, 7) is 6.85. The van der Waals surface area contributed by atoms with Gasteiger partial charge in [-0.15, -0.1) is 0 Å². The minimum absolute atomic E-state index is 0.0184. The third-order valence-electron chi connectivity index (χ3n) is 10.8. The maximum Gasteiger partial charge on any atom is 0.338 e. The highest BCUT2D eigenvalue weighted by atomic mass is 16.8. The second-order valence-corrected chi connectivity index (χ2v) is 15.6. The van der Waals surface area contributed by atoms with Gasteiger partial charge in [0.25, 0.3) is 0 Å². The minimum Gasteiger partial charge on any atom is -0.460 e. The monoisotopic (exact) mass is 962 g/mol. The van der Waals surface area contributed by atoms with Crippen LogP contribution in [0, 0.1) is 0 Å². The first-order chi connectivity index (χ1) is 33.0. The Hall–Kier alpha value is -7.66. The summed E-state index contributed by atoms with van der Waals surface area (Å²) in [5.74, 6) is -5.58. The lowest BCUT2D eigenvalue weighted by atomic mass is 9.83. The lowest BCUT2D eigenvalue weighted by Gasteiger charge is -2.49. The molecule has 0 aromatic heterocycles. The van der Waals surface area contributed by atoms with Crippen LogP contribution in [-0.2, 0) is 66.5 Å². The van der Waals surface area contributed by atoms with E-state index in [2.05, 4.69) is 40.1 Å². The number of carbonyl (C=O) groups excluding carboxylic acids is 6. The van der Waals surface area contributed by atoms with Crippen molar-refractivity contribution in [3.63, 3.8) is 0 Å². The van der Waals surface area contributed by atoms with E-state index >= 15 is 0 Å². The molecule has 0 unspecified atom stereocenters. The van der Waals surface area contributed by atoms with Gasteiger partial charge in [0.05, 0.1) is 35.4 Å². The Balaban J connectivity index is 1.70. The summed E-state index contributed by atoms with van der Waals surface area (Å²) >= 11 is 0. The number of rotatable bonds is 18. The van der Waals surface area contributed by atoms with Crippen molar-refractivity contribution in [2.24, 2.45) is 20.5 Å². The first-order valence-corrected chi connectivity index (χ1v) is 21.0. The fourth-order valence-corrected chi connectivity index (χ4v) is 8.06. The Morgan fingerprint density at radius 3 is 1.51 bits per heavy atom. The van der Waals surface area contributed by atoms with E-state index < -0.39 is 140 Å². The Bertz CT molecular complexity index is 2400. The molecule has 2 aromatic rings. The molecule has 0 bridgehead atoms. The zero-order valence-electron chi connectivity index (χ0n) is 37.6. The van der Waals surface area contributed by atoms with E-state index in [1.165, 1.54) is 38.1 Å². The number of azide groups is 4. The second-order valence-electron chi connectivity index (χ2n) is 15.6. The molecule has 28 nitrogen and oxygen atoms in total. The van der Waals surface area contributed by atoms with Gasteiger partial charge in [-0.2, -0.15) is 0 Å². The van der Waals surface area contributed by atoms with Gasteiger partial charge in [0.2, 0.25) is 0 Å². The van der Waals surface area contributed by atoms with E-state index in [0.29, 0.717) is 0 Å². The Morgan fingerprint density at radius 1 is 0.536 bits per heavy atom. The molecule has 3 fully saturated rings. The van der Waals surface area contributed by atoms with Gasteiger partial charge in [0.15, 0.2) is 37.0 Å². The van der Waals surface area contributed by atoms with Gasteiger partial charge in [0, 0.05) is 47.3 Å². The molecule has 5 rings (SSSR count). The van der Waals surface area contributed by atoms with Gasteiger partial charge in [-0.3, -0.25) is 19.2 Å². The van der Waals surface area contributed by atoms with Gasteiger partial charge in [-0.25, -0.2) is 9.59 Å². The molecule has 366 valence electrons. The fraction of sp³-hybridized carbons (Fsp3) is 0.561. The molecule has 0 spiro atoms. The van der Waals surface area contributed by atoms with Gasteiger partial charge in [-0.05, 0) is 59.7 Å². The predicted octanol–water partition coefficient (Wildman–Crippen LogP) is 5.54. The largest absolute Gasteiger partial charge is 0.460 e. The smallest absolute Gasteiger partial charge is 0.338 e. The molecule has 2 aromatic carbocycles. The molecule has 16 atom stereocenters. The number of hydrogen-bond donors (Lipinski definition) is 0. The van der Waals surface area contributed by atoms with Gasteiger partial charge in [-0.1, -0.05) is 63.8 Å². The molecular weight excluding hydrogens is 917 g/mol. The Labute approximate surface area is 391 Å². The summed E-state index contributed by atoms with van der Waals surface area (Å²) in [6.07, 6.45) is -20.8. The molecule has 2 heterocycles. The minimum atomic E-state index is -1.95. The maximum absolute atomic E-state index is 13.9. The third-order valence-corrected chi connectivity index (χ3v) is 10.8. The van der Waals surface area contributed by atoms with Gasteiger partial charge >= 0.3 is 35.8 Å². The molecule has 1 saturated carbocycles. The molecule has 0 N–H and O–H groups in total. The second kappa shape index (κ2) is 24.4. The molecule has 0 amide bonds. The molecule has 69 heavy (non-hydrogen) atoms. The van der Waals surface area contributed by atoms with Crippen LogP contribution in [0.2, 0.25) is 0 Å². The summed E-state index contributed by atoms with van der Waals surface area (Å²) in [5, 5.41) is 15.2. The van der Waals surface area contributed by atoms with Crippen molar-refractivity contribution in [3.8, 4) is 0 Å². The number of hydrogen-bond acceptors (Lipinski definition) is 20. The van der Waals surface area contributed by atoms with E-state index in [9.17, 15) is 50.9 Å². The predicted molar refractivity (Wildman–Crippen MR) is 228 cm³/mol. The van der Waals surface area contributed by atoms with Crippen LogP contribution in [0.15, 0.2) is 81.1 Å². The summed E-state index contributed by atoms with van der Waals surface area (Å²) in [4.78, 5) is 89.3. The zero-order chi connectivity index (χ0) is 50.4. The lowest BCUT2D eigenvalue weighted by Crippen LogP contribution is -2.66. The highest BCUT2D eigenvalue weighted by Gasteiger charge is 2.59. The molecule has 2 saturated heterocycles. The van der Waals surface area contributed by atoms with Gasteiger partial charge in [0.1, 0.15) is 36.6 Å². The Kier molecular flexibility index (Phi) is 18.5. The highest BCUT2D eigenvalue weighted by Crippen LogP contribution is 2.40. The van der Waals surface area contributed by atoms with Crippen LogP contribution in [0.4, 0.5) is 0 Å². The summed E-state index contributed by atoms with van der Waals surface area (Å²) in [5.41, 5.74) is 39.0. The maximum atomic E-state index is 13.9. The molecule has 1 aliphatic carbocycles. The normalized spacial score (nSPS) is 30.1. The van der Waals surface area contributed by atoms with E-state index in [4.69, 9.17) is 47.4 Å². The highest BCUT2D eigenvalue weighted by molar-refractivity contribution is 5.90. The van der Waals surface area contributed by atoms with Gasteiger partial charge < -0.3 is 47.4 Å². The van der Waals surface area contributed by atoms with E-state index in [-0.39, 0.29) is 11.1 Å². The van der Waals surface area contributed by atoms with Crippen molar-refractivity contribution in [1.82, 2.24) is 0 Å². The van der Waals surface area contributed by atoms with Crippen molar-refractivity contribution in [2.45, 2.75) is 146 Å². The van der Waals surface area contributed by atoms with Crippen LogP contribution in [0.1, 0.15) is 68.7 Å². The van der Waals surface area contributed by atoms with E-state index in [0.717, 1.165) is 27.7 Å². The number of ether oxygens (including phenoxy) is 10. The number of nitrogens with zero attached hydrogens (tertiary/aromatic N) is 12. The SMILES string of the molecule is CC(=O)O[C@H]1[C@H](OC(C)=O)[C@@H](N=[N+]=[N-])[C@@H](O[C@H]2[C@H](O[C@@H]3O[C@H]([C@@H](C)N=[N+]=[N-])[C@@H](OC(=O)c4ccccc4)[C@H]3OC(=O)c3ccccc3)[C@@H](OC(C)=O)[C@H](N=[N+]=[N-])C[C@@H]2N=[N+]=[N-])O[C@@H]1[C@@H](C)OC(C)=O. The van der Waals surface area contributed by atoms with Crippen molar-refractivity contribution in [2.75, 3.05) is 0 Å². The Morgan fingerprint density at radius 2 is 1.00 bits per heavy atom. The zero-order valence-corrected chi connectivity index (χ0v) is 37.6. The van der Waals surface area contributed by atoms with E-state index in [1.807, 2.05) is 0 Å². The molecular formula is C41H46N12O16. The van der Waals surface area contributed by atoms with E-state index in [1.54, 1.807) is 36.4 Å². The molecule has 3 aliphatic rings. The molecule has 2 aliphatic heterocycles. The van der Waals surface area contributed by atoms with Crippen LogP contribution in [0.5, 0.6) is 0 Å². The third kappa shape index (κ3) is 13.3. The van der Waals surface area contributed by atoms with Crippen LogP contribution in [0.25, 0.3) is 41.8 Å². The van der Waals surface area contributed by atoms with Crippen LogP contribution in [-0.4, -0.2) is 134 Å². The lowest BCUT2D eigenvalue weighted by molar-refractivity contribution is -0.317. The number of carbonyl (C=O) groups is 6. The number of esters is 6. The quantitative estimate of drug-likeness (QED) is 0.0581. The average Bonchev–Trinajstić information content (AvgIpc) is 3.62. The summed E-state index contributed by atoms with van der Waals surface area (Å²) < 4.78 is 59.8. The van der Waals surface area contributed by atoms with Crippen molar-refractivity contribution >= 4 is 35.8 Å². The summed E-state index contributed by atoms with van der Waals surface area (Å²) in [6, 6.07) is 9.32. The first kappa shape index (κ1) is 52.3. The first-order valence-electron chi connectivity index (χ1n) is 21.0. The topological polar surface area (TPSA) is 390 Å². The fourth-order valence-electron chi connectivity index (χ4n) is 8.06. The van der Waals surface area contributed by atoms with Crippen molar-refractivity contribution < 1.29 is 76.1 Å². The molecule has 0 radical (unpaired) electrons. The van der Waals surface area contributed by atoms with Crippen LogP contribution < -0.4 is 0 Å². The summed E-state index contributed by atoms with van der Waals surface area (Å²) in [7, 11) is 0. The van der Waals surface area contributed by atoms with Crippen molar-refractivity contribution in [3.05, 3.63) is 114 Å². The standard InChI is InChI=1S/C41H46N12O16/c1-18(46-50-42)29-34(64-38(58)24-13-9-7-10-14-24)37(65-39(59)25-15-11-8-12-16-25)41(66-29)69-36-31(61-21(4)55)26(47-51-43)17-27(48-52-44)32(36)68-40-28(49-53-45)33(62-22(5)56)35(63-23(6)57)30(67-40)19(2)60-20(3)54/h7-16,18-19,26-37,40-41H,17H2,1-6H3/t18-,19-,26-,27+,28-,29-,30-,31+,32-,33-,34-,35-,36-,37-,40-,41+/m1/s1. The van der Waals surface area contributed by atoms with Crippen LogP contribution >= 0.6 is 0 Å². The number of benzene rings is 2.